The Morgan fingerprint density at radius 1 is 1.52 bits per heavy atom. The number of halogens is 1. The number of benzene rings is 1. The lowest BCUT2D eigenvalue weighted by Crippen LogP contribution is -2.23. The Morgan fingerprint density at radius 3 is 3.19 bits per heavy atom. The summed E-state index contributed by atoms with van der Waals surface area (Å²) in [5.41, 5.74) is 1.57. The highest BCUT2D eigenvalue weighted by atomic mass is 79.9. The van der Waals surface area contributed by atoms with Gasteiger partial charge in [-0.1, -0.05) is 28.1 Å². The number of hydrogen-bond donors (Lipinski definition) is 2. The van der Waals surface area contributed by atoms with Crippen molar-refractivity contribution < 1.29 is 4.79 Å². The van der Waals surface area contributed by atoms with Crippen LogP contribution in [0.2, 0.25) is 0 Å². The maximum atomic E-state index is 12.1. The summed E-state index contributed by atoms with van der Waals surface area (Å²) in [6.07, 6.45) is 2.28. The Kier molecular flexibility index (Phi) is 4.67. The Balaban J connectivity index is 1.60. The Labute approximate surface area is 136 Å². The van der Waals surface area contributed by atoms with Gasteiger partial charge in [0.15, 0.2) is 0 Å². The minimum Gasteiger partial charge on any atom is -0.347 e. The minimum atomic E-state index is -0.115. The predicted molar refractivity (Wildman–Crippen MR) is 87.4 cm³/mol. The first-order chi connectivity index (χ1) is 10.2. The van der Waals surface area contributed by atoms with Gasteiger partial charge in [-0.2, -0.15) is 0 Å². The van der Waals surface area contributed by atoms with E-state index in [2.05, 4.69) is 31.5 Å². The molecular formula is C15H16BrN3OS. The minimum absolute atomic E-state index is 0.115. The fourth-order valence-corrected chi connectivity index (χ4v) is 3.72. The molecule has 0 aliphatic carbocycles. The molecule has 1 aliphatic rings. The summed E-state index contributed by atoms with van der Waals surface area (Å²) in [6, 6.07) is 8.22. The third-order valence-corrected chi connectivity index (χ3v) is 4.91. The average molecular weight is 366 g/mol. The van der Waals surface area contributed by atoms with Crippen molar-refractivity contribution in [2.24, 2.45) is 0 Å². The molecule has 0 bridgehead atoms. The zero-order valence-corrected chi connectivity index (χ0v) is 13.8. The molecule has 0 saturated carbocycles. The molecule has 1 aromatic carbocycles. The van der Waals surface area contributed by atoms with Gasteiger partial charge in [-0.25, -0.2) is 4.98 Å². The maximum absolute atomic E-state index is 12.1. The molecule has 2 aromatic rings. The van der Waals surface area contributed by atoms with Crippen molar-refractivity contribution in [3.8, 4) is 0 Å². The number of aromatic nitrogens is 1. The van der Waals surface area contributed by atoms with Crippen molar-refractivity contribution in [1.29, 1.82) is 0 Å². The zero-order chi connectivity index (χ0) is 14.7. The molecule has 3 rings (SSSR count). The SMILES string of the molecule is O=C(NCc1cccc(Br)c1)c1csc(C2CCCN2)n1. The number of rotatable bonds is 4. The molecule has 1 aliphatic heterocycles. The van der Waals surface area contributed by atoms with Gasteiger partial charge in [0.1, 0.15) is 10.7 Å². The van der Waals surface area contributed by atoms with Crippen LogP contribution >= 0.6 is 27.3 Å². The molecule has 1 fully saturated rings. The maximum Gasteiger partial charge on any atom is 0.271 e. The fourth-order valence-electron chi connectivity index (χ4n) is 2.37. The first-order valence-electron chi connectivity index (χ1n) is 6.94. The molecule has 4 nitrogen and oxygen atoms in total. The molecule has 6 heteroatoms. The molecule has 2 N–H and O–H groups in total. The van der Waals surface area contributed by atoms with Crippen molar-refractivity contribution >= 4 is 33.2 Å². The normalized spacial score (nSPS) is 17.9. The highest BCUT2D eigenvalue weighted by Crippen LogP contribution is 2.25. The zero-order valence-electron chi connectivity index (χ0n) is 11.4. The van der Waals surface area contributed by atoms with Crippen molar-refractivity contribution in [3.05, 3.63) is 50.4 Å². The first-order valence-corrected chi connectivity index (χ1v) is 8.61. The van der Waals surface area contributed by atoms with E-state index in [1.807, 2.05) is 29.6 Å². The summed E-state index contributed by atoms with van der Waals surface area (Å²) >= 11 is 4.98. The van der Waals surface area contributed by atoms with Crippen LogP contribution in [0.5, 0.6) is 0 Å². The topological polar surface area (TPSA) is 54.0 Å². The van der Waals surface area contributed by atoms with Crippen LogP contribution in [-0.4, -0.2) is 17.4 Å². The van der Waals surface area contributed by atoms with E-state index in [1.54, 1.807) is 11.3 Å². The van der Waals surface area contributed by atoms with Crippen LogP contribution in [0.1, 0.15) is 39.9 Å². The molecule has 1 unspecified atom stereocenters. The van der Waals surface area contributed by atoms with E-state index in [0.717, 1.165) is 28.0 Å². The van der Waals surface area contributed by atoms with Crippen molar-refractivity contribution in [2.45, 2.75) is 25.4 Å². The lowest BCUT2D eigenvalue weighted by atomic mass is 10.2. The summed E-state index contributed by atoms with van der Waals surface area (Å²) in [7, 11) is 0. The van der Waals surface area contributed by atoms with E-state index in [4.69, 9.17) is 0 Å². The molecule has 1 atom stereocenters. The third kappa shape index (κ3) is 3.70. The van der Waals surface area contributed by atoms with Crippen LogP contribution in [-0.2, 0) is 6.54 Å². The summed E-state index contributed by atoms with van der Waals surface area (Å²) in [4.78, 5) is 16.6. The van der Waals surface area contributed by atoms with Crippen molar-refractivity contribution in [2.75, 3.05) is 6.54 Å². The number of nitrogens with one attached hydrogen (secondary N) is 2. The fraction of sp³-hybridized carbons (Fsp3) is 0.333. The summed E-state index contributed by atoms with van der Waals surface area (Å²) in [5.74, 6) is -0.115. The van der Waals surface area contributed by atoms with Gasteiger partial charge in [-0.3, -0.25) is 4.79 Å². The van der Waals surface area contributed by atoms with Gasteiger partial charge in [-0.05, 0) is 37.1 Å². The molecule has 1 amide bonds. The predicted octanol–water partition coefficient (Wildman–Crippen LogP) is 3.26. The van der Waals surface area contributed by atoms with Gasteiger partial charge < -0.3 is 10.6 Å². The van der Waals surface area contributed by atoms with Gasteiger partial charge >= 0.3 is 0 Å². The Hall–Kier alpha value is -1.24. The van der Waals surface area contributed by atoms with Crippen molar-refractivity contribution in [1.82, 2.24) is 15.6 Å². The molecule has 0 spiro atoms. The third-order valence-electron chi connectivity index (χ3n) is 3.46. The molecular weight excluding hydrogens is 350 g/mol. The first kappa shape index (κ1) is 14.7. The number of carbonyl (C=O) groups excluding carboxylic acids is 1. The van der Waals surface area contributed by atoms with E-state index in [-0.39, 0.29) is 5.91 Å². The Bertz CT molecular complexity index is 637. The second-order valence-electron chi connectivity index (χ2n) is 5.03. The molecule has 2 heterocycles. The van der Waals surface area contributed by atoms with Gasteiger partial charge in [0.2, 0.25) is 0 Å². The van der Waals surface area contributed by atoms with Crippen LogP contribution in [0, 0.1) is 0 Å². The van der Waals surface area contributed by atoms with E-state index in [0.29, 0.717) is 18.3 Å². The summed E-state index contributed by atoms with van der Waals surface area (Å²) < 4.78 is 1.01. The molecule has 1 saturated heterocycles. The molecule has 110 valence electrons. The quantitative estimate of drug-likeness (QED) is 0.874. The number of carbonyl (C=O) groups is 1. The van der Waals surface area contributed by atoms with E-state index < -0.39 is 0 Å². The van der Waals surface area contributed by atoms with E-state index in [9.17, 15) is 4.79 Å². The second kappa shape index (κ2) is 6.68. The van der Waals surface area contributed by atoms with E-state index >= 15 is 0 Å². The summed E-state index contributed by atoms with van der Waals surface area (Å²) in [6.45, 7) is 1.54. The van der Waals surface area contributed by atoms with Crippen LogP contribution < -0.4 is 10.6 Å². The molecule has 0 radical (unpaired) electrons. The number of nitrogens with zero attached hydrogens (tertiary/aromatic N) is 1. The van der Waals surface area contributed by atoms with Crippen molar-refractivity contribution in [3.63, 3.8) is 0 Å². The van der Waals surface area contributed by atoms with Gasteiger partial charge in [0, 0.05) is 16.4 Å². The van der Waals surface area contributed by atoms with Gasteiger partial charge in [0.25, 0.3) is 5.91 Å². The van der Waals surface area contributed by atoms with Gasteiger partial charge in [-0.15, -0.1) is 11.3 Å². The highest BCUT2D eigenvalue weighted by Gasteiger charge is 2.20. The summed E-state index contributed by atoms with van der Waals surface area (Å²) in [5, 5.41) is 9.16. The van der Waals surface area contributed by atoms with Crippen LogP contribution in [0.25, 0.3) is 0 Å². The Morgan fingerprint density at radius 2 is 2.43 bits per heavy atom. The van der Waals surface area contributed by atoms with E-state index in [1.165, 1.54) is 6.42 Å². The number of thiazole rings is 1. The van der Waals surface area contributed by atoms with Crippen LogP contribution in [0.3, 0.4) is 0 Å². The highest BCUT2D eigenvalue weighted by molar-refractivity contribution is 9.10. The second-order valence-corrected chi connectivity index (χ2v) is 6.84. The molecule has 21 heavy (non-hydrogen) atoms. The molecule has 1 aromatic heterocycles. The number of hydrogen-bond acceptors (Lipinski definition) is 4. The lowest BCUT2D eigenvalue weighted by Gasteiger charge is -2.05. The largest absolute Gasteiger partial charge is 0.347 e. The van der Waals surface area contributed by atoms with Crippen LogP contribution in [0.15, 0.2) is 34.1 Å². The lowest BCUT2D eigenvalue weighted by molar-refractivity contribution is 0.0946. The van der Waals surface area contributed by atoms with Crippen LogP contribution in [0.4, 0.5) is 0 Å². The standard InChI is InChI=1S/C15H16BrN3OS/c16-11-4-1-3-10(7-11)8-18-14(20)13-9-21-15(19-13)12-5-2-6-17-12/h1,3-4,7,9,12,17H,2,5-6,8H2,(H,18,20). The van der Waals surface area contributed by atoms with Gasteiger partial charge in [0.05, 0.1) is 6.04 Å². The monoisotopic (exact) mass is 365 g/mol. The number of amides is 1. The average Bonchev–Trinajstić information content (AvgIpc) is 3.15. The smallest absolute Gasteiger partial charge is 0.271 e.